The maximum absolute atomic E-state index is 5.46. The molecule has 3 N–H and O–H groups in total. The highest BCUT2D eigenvalue weighted by atomic mass is 16.5. The Hall–Kier alpha value is -1.40. The first-order chi connectivity index (χ1) is 8.80. The quantitative estimate of drug-likeness (QED) is 0.610. The third kappa shape index (κ3) is 2.02. The Bertz CT molecular complexity index is 438. The second-order valence-corrected chi connectivity index (χ2v) is 5.09. The zero-order chi connectivity index (χ0) is 12.5. The lowest BCUT2D eigenvalue weighted by Crippen LogP contribution is -2.33. The molecule has 2 atom stereocenters. The van der Waals surface area contributed by atoms with E-state index in [4.69, 9.17) is 10.6 Å². The maximum Gasteiger partial charge on any atom is 0.158 e. The summed E-state index contributed by atoms with van der Waals surface area (Å²) in [7, 11) is 1.64. The van der Waals surface area contributed by atoms with Gasteiger partial charge >= 0.3 is 0 Å². The van der Waals surface area contributed by atoms with E-state index in [1.54, 1.807) is 7.11 Å². The molecule has 6 heteroatoms. The maximum atomic E-state index is 5.46. The van der Waals surface area contributed by atoms with E-state index in [-0.39, 0.29) is 0 Å². The number of hydrogen-bond donors (Lipinski definition) is 2. The molecular formula is C12H19N5O. The molecule has 2 heterocycles. The fourth-order valence-electron chi connectivity index (χ4n) is 3.10. The number of anilines is 2. The van der Waals surface area contributed by atoms with Crippen LogP contribution in [0.1, 0.15) is 25.1 Å². The average Bonchev–Trinajstić information content (AvgIpc) is 3.01. The van der Waals surface area contributed by atoms with Gasteiger partial charge in [-0.1, -0.05) is 0 Å². The van der Waals surface area contributed by atoms with Crippen molar-refractivity contribution in [2.75, 3.05) is 24.0 Å². The third-order valence-corrected chi connectivity index (χ3v) is 3.88. The van der Waals surface area contributed by atoms with Crippen LogP contribution in [0.4, 0.5) is 11.6 Å². The summed E-state index contributed by atoms with van der Waals surface area (Å²) in [6.07, 6.45) is 3.94. The molecule has 0 radical (unpaired) electrons. The van der Waals surface area contributed by atoms with E-state index in [9.17, 15) is 0 Å². The summed E-state index contributed by atoms with van der Waals surface area (Å²) in [4.78, 5) is 11.2. The fraction of sp³-hybridized carbons (Fsp3) is 0.667. The number of nitrogens with one attached hydrogen (secondary N) is 1. The topological polar surface area (TPSA) is 76.3 Å². The number of aromatic nitrogens is 2. The van der Waals surface area contributed by atoms with Gasteiger partial charge in [-0.3, -0.25) is 0 Å². The Kier molecular flexibility index (Phi) is 3.05. The summed E-state index contributed by atoms with van der Waals surface area (Å²) in [5.74, 6) is 8.59. The molecule has 2 bridgehead atoms. The Morgan fingerprint density at radius 3 is 3.00 bits per heavy atom. The van der Waals surface area contributed by atoms with Crippen LogP contribution in [0, 0.1) is 5.92 Å². The summed E-state index contributed by atoms with van der Waals surface area (Å²) in [5, 5.41) is 0. The predicted molar refractivity (Wildman–Crippen MR) is 69.0 cm³/mol. The Balaban J connectivity index is 1.88. The first-order valence-electron chi connectivity index (χ1n) is 6.40. The minimum Gasteiger partial charge on any atom is -0.377 e. The molecule has 1 aromatic rings. The number of piperidine rings is 1. The summed E-state index contributed by atoms with van der Waals surface area (Å²) in [5.41, 5.74) is 2.60. The van der Waals surface area contributed by atoms with E-state index in [1.807, 2.05) is 6.07 Å². The fourth-order valence-corrected chi connectivity index (χ4v) is 3.10. The monoisotopic (exact) mass is 249 g/mol. The van der Waals surface area contributed by atoms with E-state index in [2.05, 4.69) is 20.3 Å². The number of hydrogen-bond acceptors (Lipinski definition) is 6. The van der Waals surface area contributed by atoms with E-state index in [0.29, 0.717) is 24.3 Å². The van der Waals surface area contributed by atoms with Gasteiger partial charge in [-0.2, -0.15) is 0 Å². The SMILES string of the molecule is COCc1nc(NN)cc(N2CC3CCC2C3)n1. The smallest absolute Gasteiger partial charge is 0.158 e. The standard InChI is InChI=1S/C12H19N5O/c1-18-7-11-14-10(16-13)5-12(15-11)17-6-8-2-3-9(17)4-8/h5,8-9H,2-4,6-7,13H2,1H3,(H,14,15,16). The first kappa shape index (κ1) is 11.7. The van der Waals surface area contributed by atoms with Crippen LogP contribution < -0.4 is 16.2 Å². The molecule has 0 amide bonds. The number of hydrazine groups is 1. The van der Waals surface area contributed by atoms with Crippen molar-refractivity contribution < 1.29 is 4.74 Å². The van der Waals surface area contributed by atoms with Gasteiger partial charge in [-0.15, -0.1) is 0 Å². The molecule has 1 saturated heterocycles. The van der Waals surface area contributed by atoms with Gasteiger partial charge in [0.15, 0.2) is 5.82 Å². The molecule has 2 fully saturated rings. The van der Waals surface area contributed by atoms with Crippen molar-refractivity contribution in [2.24, 2.45) is 11.8 Å². The van der Waals surface area contributed by atoms with Crippen molar-refractivity contribution in [3.8, 4) is 0 Å². The van der Waals surface area contributed by atoms with Crippen LogP contribution in [0.15, 0.2) is 6.07 Å². The van der Waals surface area contributed by atoms with Gasteiger partial charge in [-0.05, 0) is 25.2 Å². The van der Waals surface area contributed by atoms with Crippen LogP contribution in [-0.2, 0) is 11.3 Å². The minimum atomic E-state index is 0.407. The molecule has 3 rings (SSSR count). The third-order valence-electron chi connectivity index (χ3n) is 3.88. The van der Waals surface area contributed by atoms with Crippen molar-refractivity contribution in [3.63, 3.8) is 0 Å². The van der Waals surface area contributed by atoms with Crippen LogP contribution >= 0.6 is 0 Å². The van der Waals surface area contributed by atoms with Gasteiger partial charge in [0, 0.05) is 25.8 Å². The highest BCUT2D eigenvalue weighted by molar-refractivity contribution is 5.51. The summed E-state index contributed by atoms with van der Waals surface area (Å²) < 4.78 is 5.09. The summed E-state index contributed by atoms with van der Waals surface area (Å²) in [6, 6.07) is 2.56. The highest BCUT2D eigenvalue weighted by Gasteiger charge is 2.38. The van der Waals surface area contributed by atoms with E-state index in [1.165, 1.54) is 19.3 Å². The number of nitrogens with zero attached hydrogens (tertiary/aromatic N) is 3. The Morgan fingerprint density at radius 1 is 1.50 bits per heavy atom. The second-order valence-electron chi connectivity index (χ2n) is 5.09. The molecule has 0 aromatic carbocycles. The van der Waals surface area contributed by atoms with Crippen LogP contribution in [0.5, 0.6) is 0 Å². The van der Waals surface area contributed by atoms with Gasteiger partial charge in [-0.25, -0.2) is 15.8 Å². The molecule has 18 heavy (non-hydrogen) atoms. The number of nitrogens with two attached hydrogens (primary N) is 1. The van der Waals surface area contributed by atoms with Crippen LogP contribution in [0.2, 0.25) is 0 Å². The highest BCUT2D eigenvalue weighted by Crippen LogP contribution is 2.39. The lowest BCUT2D eigenvalue weighted by Gasteiger charge is -2.28. The normalized spacial score (nSPS) is 25.8. The molecular weight excluding hydrogens is 230 g/mol. The predicted octanol–water partition coefficient (Wildman–Crippen LogP) is 0.897. The first-order valence-corrected chi connectivity index (χ1v) is 6.40. The minimum absolute atomic E-state index is 0.407. The number of fused-ring (bicyclic) bond motifs is 2. The van der Waals surface area contributed by atoms with Crippen molar-refractivity contribution in [3.05, 3.63) is 11.9 Å². The zero-order valence-corrected chi connectivity index (χ0v) is 10.6. The molecule has 1 saturated carbocycles. The van der Waals surface area contributed by atoms with Crippen LogP contribution in [0.25, 0.3) is 0 Å². The molecule has 2 aliphatic rings. The molecule has 0 spiro atoms. The van der Waals surface area contributed by atoms with Crippen molar-refractivity contribution in [1.29, 1.82) is 0 Å². The van der Waals surface area contributed by atoms with Crippen LogP contribution in [-0.4, -0.2) is 29.7 Å². The Morgan fingerprint density at radius 2 is 2.39 bits per heavy atom. The Labute approximate surface area is 107 Å². The number of ether oxygens (including phenoxy) is 1. The molecule has 6 nitrogen and oxygen atoms in total. The molecule has 1 aliphatic heterocycles. The summed E-state index contributed by atoms with van der Waals surface area (Å²) in [6.45, 7) is 1.52. The van der Waals surface area contributed by atoms with E-state index < -0.39 is 0 Å². The number of rotatable bonds is 4. The lowest BCUT2D eigenvalue weighted by atomic mass is 10.1. The summed E-state index contributed by atoms with van der Waals surface area (Å²) >= 11 is 0. The van der Waals surface area contributed by atoms with Gasteiger partial charge in [0.05, 0.1) is 0 Å². The lowest BCUT2D eigenvalue weighted by molar-refractivity contribution is 0.178. The van der Waals surface area contributed by atoms with E-state index >= 15 is 0 Å². The van der Waals surface area contributed by atoms with Crippen LogP contribution in [0.3, 0.4) is 0 Å². The molecule has 98 valence electrons. The van der Waals surface area contributed by atoms with Gasteiger partial charge in [0.2, 0.25) is 0 Å². The van der Waals surface area contributed by atoms with Gasteiger partial charge in [0.25, 0.3) is 0 Å². The molecule has 2 unspecified atom stereocenters. The van der Waals surface area contributed by atoms with Gasteiger partial charge in [0.1, 0.15) is 18.2 Å². The van der Waals surface area contributed by atoms with Gasteiger partial charge < -0.3 is 15.1 Å². The molecule has 1 aromatic heterocycles. The number of methoxy groups -OCH3 is 1. The largest absolute Gasteiger partial charge is 0.377 e. The van der Waals surface area contributed by atoms with Crippen molar-refractivity contribution in [1.82, 2.24) is 9.97 Å². The number of nitrogen functional groups attached to an aromatic ring is 1. The molecule has 1 aliphatic carbocycles. The van der Waals surface area contributed by atoms with E-state index in [0.717, 1.165) is 18.3 Å². The second kappa shape index (κ2) is 4.70. The van der Waals surface area contributed by atoms with Crippen molar-refractivity contribution in [2.45, 2.75) is 31.9 Å². The van der Waals surface area contributed by atoms with Crippen molar-refractivity contribution >= 4 is 11.6 Å². The average molecular weight is 249 g/mol. The zero-order valence-electron chi connectivity index (χ0n) is 10.6.